The van der Waals surface area contributed by atoms with Crippen molar-refractivity contribution in [2.24, 2.45) is 0 Å². The second-order valence-corrected chi connectivity index (χ2v) is 3.87. The molecule has 1 rings (SSSR count). The summed E-state index contributed by atoms with van der Waals surface area (Å²) >= 11 is 0. The molecule has 6 heteroatoms. The second-order valence-electron chi connectivity index (χ2n) is 3.87. The van der Waals surface area contributed by atoms with Crippen molar-refractivity contribution in [3.8, 4) is 0 Å². The molecule has 4 N–H and O–H groups in total. The SMILES string of the molecule is CC(=O)O.CCCC(=O)NCC1(O)CNC1. The Morgan fingerprint density at radius 3 is 2.25 bits per heavy atom. The van der Waals surface area contributed by atoms with Crippen LogP contribution in [-0.4, -0.2) is 47.3 Å². The Labute approximate surface area is 95.0 Å². The van der Waals surface area contributed by atoms with E-state index in [0.29, 0.717) is 26.1 Å². The van der Waals surface area contributed by atoms with Gasteiger partial charge in [0.1, 0.15) is 5.60 Å². The van der Waals surface area contributed by atoms with Gasteiger partial charge in [-0.2, -0.15) is 0 Å². The highest BCUT2D eigenvalue weighted by Crippen LogP contribution is 2.07. The highest BCUT2D eigenvalue weighted by Gasteiger charge is 2.34. The molecule has 0 aromatic carbocycles. The van der Waals surface area contributed by atoms with Gasteiger partial charge in [-0.05, 0) is 6.42 Å². The lowest BCUT2D eigenvalue weighted by Crippen LogP contribution is -2.64. The van der Waals surface area contributed by atoms with Crippen LogP contribution >= 0.6 is 0 Å². The maximum atomic E-state index is 11.0. The highest BCUT2D eigenvalue weighted by molar-refractivity contribution is 5.75. The number of hydrogen-bond donors (Lipinski definition) is 4. The Kier molecular flexibility index (Phi) is 6.67. The number of carboxylic acids is 1. The van der Waals surface area contributed by atoms with E-state index in [-0.39, 0.29) is 5.91 Å². The average Bonchev–Trinajstić information content (AvgIpc) is 2.11. The van der Waals surface area contributed by atoms with Crippen molar-refractivity contribution in [2.75, 3.05) is 19.6 Å². The quantitative estimate of drug-likeness (QED) is 0.515. The van der Waals surface area contributed by atoms with Crippen LogP contribution in [0.5, 0.6) is 0 Å². The maximum Gasteiger partial charge on any atom is 0.300 e. The smallest absolute Gasteiger partial charge is 0.300 e. The standard InChI is InChI=1S/C8H16N2O2.C2H4O2/c1-2-3-7(11)10-6-8(12)4-9-5-8;1-2(3)4/h9,12H,2-6H2,1H3,(H,10,11);1H3,(H,3,4). The molecule has 6 nitrogen and oxygen atoms in total. The summed E-state index contributed by atoms with van der Waals surface area (Å²) in [6.07, 6.45) is 1.39. The van der Waals surface area contributed by atoms with E-state index < -0.39 is 11.6 Å². The first-order valence-corrected chi connectivity index (χ1v) is 5.29. The minimum Gasteiger partial charge on any atom is -0.481 e. The summed E-state index contributed by atoms with van der Waals surface area (Å²) in [4.78, 5) is 20.0. The van der Waals surface area contributed by atoms with E-state index in [0.717, 1.165) is 13.3 Å². The van der Waals surface area contributed by atoms with Crippen molar-refractivity contribution in [2.45, 2.75) is 32.3 Å². The first-order valence-electron chi connectivity index (χ1n) is 5.29. The van der Waals surface area contributed by atoms with Crippen molar-refractivity contribution < 1.29 is 19.8 Å². The minimum absolute atomic E-state index is 0.0258. The summed E-state index contributed by atoms with van der Waals surface area (Å²) in [5.41, 5.74) is -0.691. The summed E-state index contributed by atoms with van der Waals surface area (Å²) in [5.74, 6) is -0.808. The predicted molar refractivity (Wildman–Crippen MR) is 59.0 cm³/mol. The first-order chi connectivity index (χ1) is 7.39. The summed E-state index contributed by atoms with van der Waals surface area (Å²) in [5, 5.41) is 22.6. The maximum absolute atomic E-state index is 11.0. The Bertz CT molecular complexity index is 235. The number of amides is 1. The molecule has 1 fully saturated rings. The summed E-state index contributed by atoms with van der Waals surface area (Å²) < 4.78 is 0. The number of β-amino-alcohol motifs (C(OH)–C–C–N with tert-alkyl or cyclic N) is 1. The number of carboxylic acid groups (broad SMARTS) is 1. The fourth-order valence-corrected chi connectivity index (χ4v) is 1.12. The molecule has 0 aromatic heterocycles. The second kappa shape index (κ2) is 7.19. The average molecular weight is 232 g/mol. The van der Waals surface area contributed by atoms with Gasteiger partial charge in [0.25, 0.3) is 5.97 Å². The number of rotatable bonds is 4. The van der Waals surface area contributed by atoms with Gasteiger partial charge in [-0.1, -0.05) is 6.92 Å². The van der Waals surface area contributed by atoms with Crippen LogP contribution in [0.3, 0.4) is 0 Å². The van der Waals surface area contributed by atoms with Gasteiger partial charge in [0, 0.05) is 33.0 Å². The molecule has 0 saturated carbocycles. The third-order valence-corrected chi connectivity index (χ3v) is 2.00. The summed E-state index contributed by atoms with van der Waals surface area (Å²) in [6, 6.07) is 0. The van der Waals surface area contributed by atoms with Crippen molar-refractivity contribution in [1.82, 2.24) is 10.6 Å². The fourth-order valence-electron chi connectivity index (χ4n) is 1.12. The molecule has 0 radical (unpaired) electrons. The number of nitrogens with one attached hydrogen (secondary N) is 2. The third kappa shape index (κ3) is 7.19. The number of carbonyl (C=O) groups is 2. The molecule has 0 unspecified atom stereocenters. The minimum atomic E-state index is -0.833. The van der Waals surface area contributed by atoms with Crippen molar-refractivity contribution in [1.29, 1.82) is 0 Å². The van der Waals surface area contributed by atoms with Gasteiger partial charge in [-0.25, -0.2) is 0 Å². The molecular formula is C10H20N2O4. The predicted octanol–water partition coefficient (Wildman–Crippen LogP) is -0.672. The zero-order valence-electron chi connectivity index (χ0n) is 9.75. The topological polar surface area (TPSA) is 98.7 Å². The zero-order valence-corrected chi connectivity index (χ0v) is 9.75. The van der Waals surface area contributed by atoms with Gasteiger partial charge >= 0.3 is 0 Å². The zero-order chi connectivity index (χ0) is 12.6. The van der Waals surface area contributed by atoms with Crippen LogP contribution in [0.25, 0.3) is 0 Å². The largest absolute Gasteiger partial charge is 0.481 e. The van der Waals surface area contributed by atoms with Gasteiger partial charge in [0.2, 0.25) is 5.91 Å². The van der Waals surface area contributed by atoms with E-state index >= 15 is 0 Å². The molecule has 0 aromatic rings. The Morgan fingerprint density at radius 2 is 1.94 bits per heavy atom. The van der Waals surface area contributed by atoms with Crippen LogP contribution < -0.4 is 10.6 Å². The first kappa shape index (κ1) is 14.9. The molecule has 0 atom stereocenters. The van der Waals surface area contributed by atoms with Gasteiger partial charge in [0.05, 0.1) is 0 Å². The van der Waals surface area contributed by atoms with E-state index in [9.17, 15) is 9.90 Å². The van der Waals surface area contributed by atoms with Gasteiger partial charge < -0.3 is 20.8 Å². The van der Waals surface area contributed by atoms with Gasteiger partial charge in [-0.3, -0.25) is 9.59 Å². The van der Waals surface area contributed by atoms with E-state index in [2.05, 4.69) is 10.6 Å². The molecule has 0 bridgehead atoms. The molecule has 0 aliphatic carbocycles. The summed E-state index contributed by atoms with van der Waals surface area (Å²) in [7, 11) is 0. The Balaban J connectivity index is 0.000000487. The van der Waals surface area contributed by atoms with Crippen molar-refractivity contribution >= 4 is 11.9 Å². The lowest BCUT2D eigenvalue weighted by atomic mass is 9.97. The van der Waals surface area contributed by atoms with Crippen LogP contribution in [0.1, 0.15) is 26.7 Å². The molecule has 16 heavy (non-hydrogen) atoms. The fraction of sp³-hybridized carbons (Fsp3) is 0.800. The van der Waals surface area contributed by atoms with Gasteiger partial charge in [-0.15, -0.1) is 0 Å². The molecule has 94 valence electrons. The molecule has 0 spiro atoms. The molecule has 1 saturated heterocycles. The lowest BCUT2D eigenvalue weighted by molar-refractivity contribution is -0.134. The van der Waals surface area contributed by atoms with Crippen LogP contribution in [0.2, 0.25) is 0 Å². The van der Waals surface area contributed by atoms with Crippen LogP contribution in [0.15, 0.2) is 0 Å². The van der Waals surface area contributed by atoms with E-state index in [1.807, 2.05) is 6.92 Å². The normalized spacial score (nSPS) is 16.4. The number of aliphatic carboxylic acids is 1. The van der Waals surface area contributed by atoms with Crippen LogP contribution in [-0.2, 0) is 9.59 Å². The monoisotopic (exact) mass is 232 g/mol. The molecule has 1 aliphatic heterocycles. The summed E-state index contributed by atoms with van der Waals surface area (Å²) in [6.45, 7) is 4.58. The van der Waals surface area contributed by atoms with Crippen molar-refractivity contribution in [3.05, 3.63) is 0 Å². The molecular weight excluding hydrogens is 212 g/mol. The lowest BCUT2D eigenvalue weighted by Gasteiger charge is -2.37. The Hall–Kier alpha value is -1.14. The third-order valence-electron chi connectivity index (χ3n) is 2.00. The van der Waals surface area contributed by atoms with Gasteiger partial charge in [0.15, 0.2) is 0 Å². The van der Waals surface area contributed by atoms with E-state index in [1.165, 1.54) is 0 Å². The molecule has 1 amide bonds. The Morgan fingerprint density at radius 1 is 1.44 bits per heavy atom. The molecule has 1 heterocycles. The number of carbonyl (C=O) groups excluding carboxylic acids is 1. The van der Waals surface area contributed by atoms with Crippen molar-refractivity contribution in [3.63, 3.8) is 0 Å². The number of aliphatic hydroxyl groups is 1. The van der Waals surface area contributed by atoms with E-state index in [4.69, 9.17) is 9.90 Å². The van der Waals surface area contributed by atoms with Crippen LogP contribution in [0, 0.1) is 0 Å². The van der Waals surface area contributed by atoms with Crippen LogP contribution in [0.4, 0.5) is 0 Å². The van der Waals surface area contributed by atoms with E-state index in [1.54, 1.807) is 0 Å². The number of hydrogen-bond acceptors (Lipinski definition) is 4. The highest BCUT2D eigenvalue weighted by atomic mass is 16.4. The molecule has 1 aliphatic rings.